The highest BCUT2D eigenvalue weighted by Gasteiger charge is 2.27. The highest BCUT2D eigenvalue weighted by Crippen LogP contribution is 2.20. The van der Waals surface area contributed by atoms with Crippen LogP contribution in [0.25, 0.3) is 0 Å². The van der Waals surface area contributed by atoms with E-state index in [9.17, 15) is 5.02 Å². The zero-order valence-corrected chi connectivity index (χ0v) is 15.5. The Morgan fingerprint density at radius 2 is 2.15 bits per heavy atom. The smallest absolute Gasteiger partial charge is 0.423 e. The average molecular weight is 381 g/mol. The van der Waals surface area contributed by atoms with Crippen LogP contribution in [0.15, 0.2) is 48.7 Å². The lowest BCUT2D eigenvalue weighted by Crippen LogP contribution is -2.27. The third kappa shape index (κ3) is 4.05. The second-order valence-electron chi connectivity index (χ2n) is 6.41. The summed E-state index contributed by atoms with van der Waals surface area (Å²) in [6.45, 7) is 2.97. The van der Waals surface area contributed by atoms with Crippen molar-refractivity contribution in [1.82, 2.24) is 9.97 Å². The fraction of sp³-hybridized carbons (Fsp3) is 0.158. The molecule has 2 aromatic carbocycles. The Kier molecular flexibility index (Phi) is 4.98. The molecular formula is C19H18BClN4O2. The van der Waals surface area contributed by atoms with Gasteiger partial charge in [-0.1, -0.05) is 29.8 Å². The number of fused-ring (bicyclic) bond motifs is 1. The number of hydrogen-bond acceptors (Lipinski definition) is 6. The Labute approximate surface area is 162 Å². The van der Waals surface area contributed by atoms with Crippen LogP contribution in [0.1, 0.15) is 16.7 Å². The number of nitrogens with one attached hydrogen (secondary N) is 2. The van der Waals surface area contributed by atoms with Gasteiger partial charge in [-0.05, 0) is 47.8 Å². The van der Waals surface area contributed by atoms with Gasteiger partial charge in [0.15, 0.2) is 0 Å². The highest BCUT2D eigenvalue weighted by molar-refractivity contribution is 6.61. The molecule has 0 saturated heterocycles. The average Bonchev–Trinajstić information content (AvgIpc) is 3.03. The summed E-state index contributed by atoms with van der Waals surface area (Å²) in [6.07, 6.45) is 1.77. The molecule has 0 saturated carbocycles. The van der Waals surface area contributed by atoms with Gasteiger partial charge in [-0.15, -0.1) is 0 Å². The van der Waals surface area contributed by atoms with Gasteiger partial charge in [-0.25, -0.2) is 4.98 Å². The molecule has 27 heavy (non-hydrogen) atoms. The van der Waals surface area contributed by atoms with E-state index in [1.807, 2.05) is 49.4 Å². The van der Waals surface area contributed by atoms with Crippen LogP contribution in [-0.4, -0.2) is 22.1 Å². The van der Waals surface area contributed by atoms with Crippen LogP contribution in [0.5, 0.6) is 0 Å². The molecule has 0 aliphatic carbocycles. The van der Waals surface area contributed by atoms with Gasteiger partial charge in [0.1, 0.15) is 5.82 Å². The number of halogens is 1. The molecule has 136 valence electrons. The van der Waals surface area contributed by atoms with Crippen molar-refractivity contribution < 1.29 is 9.68 Å². The number of anilines is 3. The summed E-state index contributed by atoms with van der Waals surface area (Å²) in [5.41, 5.74) is 4.63. The zero-order valence-electron chi connectivity index (χ0n) is 14.7. The van der Waals surface area contributed by atoms with Gasteiger partial charge >= 0.3 is 7.12 Å². The van der Waals surface area contributed by atoms with Crippen LogP contribution in [0.3, 0.4) is 0 Å². The summed E-state index contributed by atoms with van der Waals surface area (Å²) in [6, 6.07) is 13.4. The number of nitrogens with zero attached hydrogens (tertiary/aromatic N) is 2. The lowest BCUT2D eigenvalue weighted by Gasteiger charge is -2.12. The number of aryl methyl sites for hydroxylation is 1. The lowest BCUT2D eigenvalue weighted by molar-refractivity contribution is 0.275. The van der Waals surface area contributed by atoms with Gasteiger partial charge < -0.3 is 20.3 Å². The van der Waals surface area contributed by atoms with E-state index >= 15 is 0 Å². The largest absolute Gasteiger partial charge is 0.491 e. The van der Waals surface area contributed by atoms with Crippen LogP contribution < -0.4 is 16.1 Å². The first-order valence-corrected chi connectivity index (χ1v) is 8.98. The second kappa shape index (κ2) is 7.56. The maximum atomic E-state index is 9.72. The summed E-state index contributed by atoms with van der Waals surface area (Å²) in [4.78, 5) is 8.91. The van der Waals surface area contributed by atoms with E-state index < -0.39 is 7.12 Å². The van der Waals surface area contributed by atoms with Gasteiger partial charge in [0.05, 0.1) is 6.61 Å². The number of aromatic nitrogens is 2. The first kappa shape index (κ1) is 17.8. The first-order chi connectivity index (χ1) is 13.1. The first-order valence-electron chi connectivity index (χ1n) is 8.60. The van der Waals surface area contributed by atoms with E-state index in [-0.39, 0.29) is 0 Å². The third-order valence-corrected chi connectivity index (χ3v) is 4.62. The number of benzene rings is 2. The minimum absolute atomic E-state index is 0.396. The van der Waals surface area contributed by atoms with E-state index in [0.717, 1.165) is 33.7 Å². The van der Waals surface area contributed by atoms with Crippen molar-refractivity contribution in [3.05, 3.63) is 70.4 Å². The van der Waals surface area contributed by atoms with Crippen LogP contribution >= 0.6 is 11.6 Å². The van der Waals surface area contributed by atoms with Crippen molar-refractivity contribution in [3.8, 4) is 0 Å². The molecule has 1 aliphatic heterocycles. The molecule has 0 unspecified atom stereocenters. The fourth-order valence-corrected chi connectivity index (χ4v) is 3.16. The van der Waals surface area contributed by atoms with Gasteiger partial charge in [0.25, 0.3) is 0 Å². The molecule has 1 aliphatic rings. The predicted octanol–water partition coefficient (Wildman–Crippen LogP) is 3.01. The molecule has 0 spiro atoms. The topological polar surface area (TPSA) is 79.3 Å². The fourth-order valence-electron chi connectivity index (χ4n) is 2.95. The van der Waals surface area contributed by atoms with E-state index in [2.05, 4.69) is 20.6 Å². The van der Waals surface area contributed by atoms with Crippen molar-refractivity contribution in [3.63, 3.8) is 0 Å². The highest BCUT2D eigenvalue weighted by atomic mass is 35.5. The van der Waals surface area contributed by atoms with Crippen molar-refractivity contribution in [2.75, 3.05) is 10.6 Å². The number of hydrogen-bond donors (Lipinski definition) is 3. The lowest BCUT2D eigenvalue weighted by atomic mass is 9.79. The van der Waals surface area contributed by atoms with E-state index in [1.165, 1.54) is 0 Å². The molecule has 6 nitrogen and oxygen atoms in total. The SMILES string of the molecule is Cc1cnc(Nc2ccc3c(c2)COB3O)nc1NCc1cccc(Cl)c1. The summed E-state index contributed by atoms with van der Waals surface area (Å²) in [5, 5.41) is 17.0. The molecule has 0 radical (unpaired) electrons. The molecule has 2 heterocycles. The van der Waals surface area contributed by atoms with Crippen LogP contribution in [0.4, 0.5) is 17.5 Å². The quantitative estimate of drug-likeness (QED) is 0.591. The molecule has 3 aromatic rings. The monoisotopic (exact) mass is 380 g/mol. The molecular weight excluding hydrogens is 363 g/mol. The Bertz CT molecular complexity index is 986. The van der Waals surface area contributed by atoms with E-state index in [0.29, 0.717) is 24.1 Å². The molecule has 4 rings (SSSR count). The molecule has 0 bridgehead atoms. The molecule has 0 amide bonds. The summed E-state index contributed by atoms with van der Waals surface area (Å²) in [7, 11) is -0.841. The van der Waals surface area contributed by atoms with Crippen molar-refractivity contribution in [2.24, 2.45) is 0 Å². The zero-order chi connectivity index (χ0) is 18.8. The molecule has 1 aromatic heterocycles. The maximum Gasteiger partial charge on any atom is 0.491 e. The summed E-state index contributed by atoms with van der Waals surface area (Å²) >= 11 is 6.03. The Morgan fingerprint density at radius 3 is 3.00 bits per heavy atom. The van der Waals surface area contributed by atoms with Gasteiger partial charge in [-0.3, -0.25) is 0 Å². The molecule has 0 fully saturated rings. The van der Waals surface area contributed by atoms with Crippen molar-refractivity contribution in [2.45, 2.75) is 20.1 Å². The number of rotatable bonds is 5. The van der Waals surface area contributed by atoms with Crippen LogP contribution in [-0.2, 0) is 17.8 Å². The van der Waals surface area contributed by atoms with E-state index in [4.69, 9.17) is 16.3 Å². The van der Waals surface area contributed by atoms with Crippen molar-refractivity contribution >= 4 is 41.6 Å². The molecule has 0 atom stereocenters. The van der Waals surface area contributed by atoms with Gasteiger partial charge in [0, 0.05) is 29.0 Å². The minimum Gasteiger partial charge on any atom is -0.423 e. The Morgan fingerprint density at radius 1 is 1.26 bits per heavy atom. The molecule has 3 N–H and O–H groups in total. The van der Waals surface area contributed by atoms with Gasteiger partial charge in [0.2, 0.25) is 5.95 Å². The van der Waals surface area contributed by atoms with Gasteiger partial charge in [-0.2, -0.15) is 4.98 Å². The summed E-state index contributed by atoms with van der Waals surface area (Å²) in [5.74, 6) is 1.25. The van der Waals surface area contributed by atoms with Crippen LogP contribution in [0.2, 0.25) is 5.02 Å². The third-order valence-electron chi connectivity index (χ3n) is 4.38. The Balaban J connectivity index is 1.49. The van der Waals surface area contributed by atoms with E-state index in [1.54, 1.807) is 6.20 Å². The summed E-state index contributed by atoms with van der Waals surface area (Å²) < 4.78 is 5.22. The second-order valence-corrected chi connectivity index (χ2v) is 6.85. The predicted molar refractivity (Wildman–Crippen MR) is 108 cm³/mol. The standard InChI is InChI=1S/C19H18BClN4O2/c1-12-9-23-19(24-16-5-6-17-14(8-16)11-27-20(17)26)25-18(12)22-10-13-3-2-4-15(21)7-13/h2-9,26H,10-11H2,1H3,(H2,22,23,24,25). The Hall–Kier alpha value is -2.61. The van der Waals surface area contributed by atoms with Crippen molar-refractivity contribution in [1.29, 1.82) is 0 Å². The minimum atomic E-state index is -0.841. The molecule has 8 heteroatoms. The normalized spacial score (nSPS) is 12.8. The maximum absolute atomic E-state index is 9.72. The van der Waals surface area contributed by atoms with Crippen LogP contribution in [0, 0.1) is 6.92 Å².